The molecule has 1 aliphatic rings. The summed E-state index contributed by atoms with van der Waals surface area (Å²) < 4.78 is 0. The van der Waals surface area contributed by atoms with Gasteiger partial charge >= 0.3 is 5.69 Å². The van der Waals surface area contributed by atoms with Crippen LogP contribution in [0.1, 0.15) is 38.8 Å². The summed E-state index contributed by atoms with van der Waals surface area (Å²) in [6.07, 6.45) is 3.04. The molecule has 1 atom stereocenters. The second-order valence-corrected chi connectivity index (χ2v) is 5.87. The Labute approximate surface area is 111 Å². The maximum atomic E-state index is 11.1. The predicted octanol–water partition coefficient (Wildman–Crippen LogP) is 2.27. The molecule has 104 valence electrons. The van der Waals surface area contributed by atoms with Crippen LogP contribution in [0.25, 0.3) is 0 Å². The van der Waals surface area contributed by atoms with Crippen LogP contribution in [0.2, 0.25) is 0 Å². The van der Waals surface area contributed by atoms with Crippen molar-refractivity contribution in [2.45, 2.75) is 46.1 Å². The molecule has 7 heteroatoms. The van der Waals surface area contributed by atoms with E-state index in [1.807, 2.05) is 0 Å². The minimum absolute atomic E-state index is 0.0582. The lowest BCUT2D eigenvalue weighted by Crippen LogP contribution is -2.20. The van der Waals surface area contributed by atoms with Gasteiger partial charge in [-0.1, -0.05) is 13.8 Å². The van der Waals surface area contributed by atoms with Gasteiger partial charge in [0.25, 0.3) is 0 Å². The molecular formula is C12H19N5O2. The fraction of sp³-hybridized carbons (Fsp3) is 0.667. The highest BCUT2D eigenvalue weighted by Gasteiger charge is 2.33. The van der Waals surface area contributed by atoms with E-state index in [9.17, 15) is 10.1 Å². The van der Waals surface area contributed by atoms with Crippen LogP contribution < -0.4 is 11.1 Å². The lowest BCUT2D eigenvalue weighted by molar-refractivity contribution is -0.385. The number of nitrogens with two attached hydrogens (primary N) is 1. The molecule has 0 aliphatic heterocycles. The minimum atomic E-state index is -0.461. The summed E-state index contributed by atoms with van der Waals surface area (Å²) in [7, 11) is 0. The van der Waals surface area contributed by atoms with Crippen molar-refractivity contribution in [3.05, 3.63) is 15.8 Å². The van der Waals surface area contributed by atoms with Crippen molar-refractivity contribution in [2.24, 2.45) is 5.41 Å². The molecule has 1 aliphatic carbocycles. The molecule has 2 rings (SSSR count). The van der Waals surface area contributed by atoms with Crippen LogP contribution in [-0.2, 0) is 0 Å². The molecule has 1 unspecified atom stereocenters. The van der Waals surface area contributed by atoms with Crippen LogP contribution >= 0.6 is 0 Å². The summed E-state index contributed by atoms with van der Waals surface area (Å²) in [5.74, 6) is 0.292. The van der Waals surface area contributed by atoms with E-state index in [0.29, 0.717) is 0 Å². The topological polar surface area (TPSA) is 107 Å². The molecule has 0 bridgehead atoms. The summed E-state index contributed by atoms with van der Waals surface area (Å²) in [5, 5.41) is 14.3. The number of aromatic nitrogens is 2. The maximum Gasteiger partial charge on any atom is 0.332 e. The summed E-state index contributed by atoms with van der Waals surface area (Å²) in [6, 6.07) is 0.197. The van der Waals surface area contributed by atoms with E-state index < -0.39 is 4.92 Å². The zero-order valence-electron chi connectivity index (χ0n) is 11.4. The van der Waals surface area contributed by atoms with Crippen LogP contribution in [0, 0.1) is 22.5 Å². The number of hydrogen-bond acceptors (Lipinski definition) is 6. The van der Waals surface area contributed by atoms with Crippen LogP contribution in [-0.4, -0.2) is 20.9 Å². The lowest BCUT2D eigenvalue weighted by atomic mass is 9.92. The second-order valence-electron chi connectivity index (χ2n) is 5.87. The van der Waals surface area contributed by atoms with Crippen LogP contribution in [0.3, 0.4) is 0 Å². The van der Waals surface area contributed by atoms with E-state index >= 15 is 0 Å². The number of nitrogens with one attached hydrogen (secondary N) is 1. The van der Waals surface area contributed by atoms with Crippen LogP contribution in [0.5, 0.6) is 0 Å². The van der Waals surface area contributed by atoms with E-state index in [1.54, 1.807) is 6.92 Å². The average Bonchev–Trinajstić information content (AvgIpc) is 2.56. The smallest absolute Gasteiger partial charge is 0.332 e. The fourth-order valence-corrected chi connectivity index (χ4v) is 2.66. The molecule has 1 aromatic rings. The number of nitro groups is 1. The summed E-state index contributed by atoms with van der Waals surface area (Å²) in [5.41, 5.74) is 6.04. The van der Waals surface area contributed by atoms with Gasteiger partial charge in [0.05, 0.1) is 4.92 Å². The van der Waals surface area contributed by atoms with Gasteiger partial charge in [-0.15, -0.1) is 0 Å². The van der Waals surface area contributed by atoms with Gasteiger partial charge in [0.1, 0.15) is 5.69 Å². The Balaban J connectivity index is 2.27. The second kappa shape index (κ2) is 4.64. The molecule has 3 N–H and O–H groups in total. The van der Waals surface area contributed by atoms with Crippen molar-refractivity contribution in [3.63, 3.8) is 0 Å². The lowest BCUT2D eigenvalue weighted by Gasteiger charge is -2.18. The van der Waals surface area contributed by atoms with E-state index in [4.69, 9.17) is 5.73 Å². The van der Waals surface area contributed by atoms with Gasteiger partial charge in [-0.05, 0) is 31.6 Å². The highest BCUT2D eigenvalue weighted by atomic mass is 16.6. The number of aryl methyl sites for hydroxylation is 1. The van der Waals surface area contributed by atoms with Gasteiger partial charge in [-0.25, -0.2) is 4.98 Å². The first-order valence-electron chi connectivity index (χ1n) is 6.33. The third-order valence-corrected chi connectivity index (χ3v) is 3.57. The molecule has 0 radical (unpaired) electrons. The third kappa shape index (κ3) is 2.91. The van der Waals surface area contributed by atoms with Crippen molar-refractivity contribution in [1.29, 1.82) is 0 Å². The zero-order chi connectivity index (χ0) is 14.2. The Bertz CT molecular complexity index is 515. The SMILES string of the molecule is Cc1nc(N)nc(NC2CCC(C)(C)C2)c1[N+](=O)[O-]. The first-order chi connectivity index (χ1) is 8.78. The van der Waals surface area contributed by atoms with Crippen molar-refractivity contribution in [1.82, 2.24) is 9.97 Å². The normalized spacial score (nSPS) is 21.3. The van der Waals surface area contributed by atoms with Crippen molar-refractivity contribution in [3.8, 4) is 0 Å². The maximum absolute atomic E-state index is 11.1. The highest BCUT2D eigenvalue weighted by molar-refractivity contribution is 5.60. The van der Waals surface area contributed by atoms with E-state index in [1.165, 1.54) is 0 Å². The van der Waals surface area contributed by atoms with Gasteiger partial charge in [-0.3, -0.25) is 10.1 Å². The molecule has 1 saturated carbocycles. The van der Waals surface area contributed by atoms with Crippen LogP contribution in [0.4, 0.5) is 17.5 Å². The molecule has 1 heterocycles. The average molecular weight is 265 g/mol. The molecule has 7 nitrogen and oxygen atoms in total. The molecular weight excluding hydrogens is 246 g/mol. The first kappa shape index (κ1) is 13.5. The Morgan fingerprint density at radius 3 is 2.68 bits per heavy atom. The van der Waals surface area contributed by atoms with Crippen molar-refractivity contribution >= 4 is 17.5 Å². The Morgan fingerprint density at radius 2 is 2.16 bits per heavy atom. The third-order valence-electron chi connectivity index (χ3n) is 3.57. The highest BCUT2D eigenvalue weighted by Crippen LogP contribution is 2.39. The fourth-order valence-electron chi connectivity index (χ4n) is 2.66. The Hall–Kier alpha value is -1.92. The molecule has 19 heavy (non-hydrogen) atoms. The molecule has 0 aromatic carbocycles. The van der Waals surface area contributed by atoms with E-state index in [2.05, 4.69) is 29.1 Å². The van der Waals surface area contributed by atoms with Gasteiger partial charge in [0, 0.05) is 6.04 Å². The first-order valence-corrected chi connectivity index (χ1v) is 6.33. The zero-order valence-corrected chi connectivity index (χ0v) is 11.4. The number of anilines is 2. The molecule has 1 fully saturated rings. The summed E-state index contributed by atoms with van der Waals surface area (Å²) >= 11 is 0. The van der Waals surface area contributed by atoms with Crippen molar-refractivity contribution in [2.75, 3.05) is 11.1 Å². The number of rotatable bonds is 3. The molecule has 1 aromatic heterocycles. The predicted molar refractivity (Wildman–Crippen MR) is 72.9 cm³/mol. The monoisotopic (exact) mass is 265 g/mol. The van der Waals surface area contributed by atoms with Gasteiger partial charge in [-0.2, -0.15) is 4.98 Å². The largest absolute Gasteiger partial charge is 0.368 e. The summed E-state index contributed by atoms with van der Waals surface area (Å²) in [6.45, 7) is 5.96. The molecule has 0 amide bonds. The quantitative estimate of drug-likeness (QED) is 0.641. The Kier molecular flexibility index (Phi) is 3.30. The van der Waals surface area contributed by atoms with Gasteiger partial charge in [0.2, 0.25) is 11.8 Å². The van der Waals surface area contributed by atoms with E-state index in [0.717, 1.165) is 19.3 Å². The van der Waals surface area contributed by atoms with Gasteiger partial charge in [0.15, 0.2) is 0 Å². The molecule has 0 spiro atoms. The number of nitrogens with zero attached hydrogens (tertiary/aromatic N) is 3. The number of nitrogen functional groups attached to an aromatic ring is 1. The number of hydrogen-bond donors (Lipinski definition) is 2. The Morgan fingerprint density at radius 1 is 1.47 bits per heavy atom. The van der Waals surface area contributed by atoms with Crippen LogP contribution in [0.15, 0.2) is 0 Å². The standard InChI is InChI=1S/C12H19N5O2/c1-7-9(17(18)19)10(16-11(13)14-7)15-8-4-5-12(2,3)6-8/h8H,4-6H2,1-3H3,(H3,13,14,15,16). The molecule has 0 saturated heterocycles. The van der Waals surface area contributed by atoms with Crippen molar-refractivity contribution < 1.29 is 4.92 Å². The summed E-state index contributed by atoms with van der Waals surface area (Å²) in [4.78, 5) is 18.5. The van der Waals surface area contributed by atoms with Gasteiger partial charge < -0.3 is 11.1 Å². The van der Waals surface area contributed by atoms with E-state index in [-0.39, 0.29) is 34.6 Å². The minimum Gasteiger partial charge on any atom is -0.368 e.